The van der Waals surface area contributed by atoms with E-state index >= 15 is 0 Å². The molecule has 0 bridgehead atoms. The number of likely N-dealkylation sites (tertiary alicyclic amines) is 1. The van der Waals surface area contributed by atoms with E-state index in [2.05, 4.69) is 15.0 Å². The van der Waals surface area contributed by atoms with Crippen molar-refractivity contribution >= 4 is 28.8 Å². The van der Waals surface area contributed by atoms with Gasteiger partial charge in [0.2, 0.25) is 5.91 Å². The summed E-state index contributed by atoms with van der Waals surface area (Å²) in [7, 11) is 1.63. The van der Waals surface area contributed by atoms with Gasteiger partial charge in [-0.2, -0.15) is 0 Å². The van der Waals surface area contributed by atoms with E-state index in [1.54, 1.807) is 25.4 Å². The molecule has 1 saturated heterocycles. The summed E-state index contributed by atoms with van der Waals surface area (Å²) in [4.78, 5) is 68.1. The standard InChI is InChI=1S/C33H40FN7O5/c1-3-16-41-32(44)28-30(40(33(41)45)19-6-7-21-46-2)37-29(36-28)24-12-15-26(35-22-24)39(31(43)23-10-13-25(34)14-11-23)20-8-18-38-17-5-4-9-27(38)42/h10-15,22H,3-9,16-21H2,1-2H3,(H,36,37). The average Bonchev–Trinajstić information content (AvgIpc) is 3.51. The molecule has 1 aromatic carbocycles. The van der Waals surface area contributed by atoms with Crippen LogP contribution in [0.3, 0.4) is 0 Å². The lowest BCUT2D eigenvalue weighted by Gasteiger charge is -2.28. The number of benzene rings is 1. The number of aryl methyl sites for hydroxylation is 1. The first-order valence-electron chi connectivity index (χ1n) is 15.9. The zero-order valence-electron chi connectivity index (χ0n) is 26.3. The zero-order valence-corrected chi connectivity index (χ0v) is 26.3. The summed E-state index contributed by atoms with van der Waals surface area (Å²) in [6, 6.07) is 8.76. The zero-order chi connectivity index (χ0) is 32.6. The van der Waals surface area contributed by atoms with Crippen LogP contribution in [0.5, 0.6) is 0 Å². The van der Waals surface area contributed by atoms with Crippen LogP contribution >= 0.6 is 0 Å². The SMILES string of the molecule is CCCn1c(=O)c2[nH]c(-c3ccc(N(CCCN4CCCCC4=O)C(=O)c4ccc(F)cc4)nc3)nc2n(CCCCOC)c1=O. The number of anilines is 1. The number of nitrogens with zero attached hydrogens (tertiary/aromatic N) is 6. The lowest BCUT2D eigenvalue weighted by molar-refractivity contribution is -0.133. The summed E-state index contributed by atoms with van der Waals surface area (Å²) in [5, 5.41) is 0. The molecule has 4 aromatic rings. The number of carbonyl (C=O) groups is 2. The van der Waals surface area contributed by atoms with E-state index in [-0.39, 0.29) is 23.0 Å². The van der Waals surface area contributed by atoms with Crippen molar-refractivity contribution < 1.29 is 18.7 Å². The number of piperidine rings is 1. The second kappa shape index (κ2) is 15.1. The van der Waals surface area contributed by atoms with Gasteiger partial charge in [0.05, 0.1) is 0 Å². The number of carbonyl (C=O) groups excluding carboxylic acids is 2. The molecular formula is C33H40FN7O5. The first kappa shape index (κ1) is 32.7. The molecule has 3 aromatic heterocycles. The third-order valence-corrected chi connectivity index (χ3v) is 8.15. The molecule has 0 radical (unpaired) electrons. The molecule has 0 spiro atoms. The van der Waals surface area contributed by atoms with Gasteiger partial charge < -0.3 is 14.6 Å². The van der Waals surface area contributed by atoms with Crippen molar-refractivity contribution in [3.05, 3.63) is 74.8 Å². The number of pyridine rings is 1. The fraction of sp³-hybridized carbons (Fsp3) is 0.455. The predicted octanol–water partition coefficient (Wildman–Crippen LogP) is 3.97. The predicted molar refractivity (Wildman–Crippen MR) is 172 cm³/mol. The number of methoxy groups -OCH3 is 1. The van der Waals surface area contributed by atoms with E-state index in [0.717, 1.165) is 19.3 Å². The topological polar surface area (TPSA) is 135 Å². The smallest absolute Gasteiger partial charge is 0.332 e. The van der Waals surface area contributed by atoms with Crippen LogP contribution in [-0.4, -0.2) is 74.2 Å². The van der Waals surface area contributed by atoms with Gasteiger partial charge in [-0.25, -0.2) is 19.2 Å². The Hall–Kier alpha value is -4.65. The number of H-pyrrole nitrogens is 1. The summed E-state index contributed by atoms with van der Waals surface area (Å²) in [6.07, 6.45) is 6.54. The van der Waals surface area contributed by atoms with Crippen LogP contribution in [0.15, 0.2) is 52.2 Å². The number of ether oxygens (including phenoxy) is 1. The molecule has 0 unspecified atom stereocenters. The van der Waals surface area contributed by atoms with Gasteiger partial charge in [0.15, 0.2) is 5.65 Å². The number of unbranched alkanes of at least 4 members (excludes halogenated alkanes) is 1. The summed E-state index contributed by atoms with van der Waals surface area (Å²) < 4.78 is 21.5. The molecule has 5 rings (SSSR count). The van der Waals surface area contributed by atoms with Crippen LogP contribution in [0.1, 0.15) is 62.2 Å². The summed E-state index contributed by atoms with van der Waals surface area (Å²) in [6.45, 7) is 4.66. The van der Waals surface area contributed by atoms with Crippen molar-refractivity contribution in [2.75, 3.05) is 38.3 Å². The molecule has 0 atom stereocenters. The lowest BCUT2D eigenvalue weighted by Crippen LogP contribution is -2.40. The fourth-order valence-electron chi connectivity index (χ4n) is 5.71. The Kier molecular flexibility index (Phi) is 10.7. The highest BCUT2D eigenvalue weighted by Crippen LogP contribution is 2.23. The molecule has 1 aliphatic heterocycles. The van der Waals surface area contributed by atoms with Crippen LogP contribution in [-0.2, 0) is 22.6 Å². The van der Waals surface area contributed by atoms with E-state index in [4.69, 9.17) is 4.74 Å². The van der Waals surface area contributed by atoms with E-state index in [9.17, 15) is 23.6 Å². The number of hydrogen-bond acceptors (Lipinski definition) is 7. The van der Waals surface area contributed by atoms with Crippen LogP contribution in [0.4, 0.5) is 10.2 Å². The number of rotatable bonds is 14. The van der Waals surface area contributed by atoms with Gasteiger partial charge in [-0.1, -0.05) is 6.92 Å². The maximum Gasteiger partial charge on any atom is 0.332 e. The highest BCUT2D eigenvalue weighted by atomic mass is 19.1. The maximum atomic E-state index is 13.6. The number of imidazole rings is 1. The van der Waals surface area contributed by atoms with Crippen molar-refractivity contribution in [3.8, 4) is 11.4 Å². The number of aromatic nitrogens is 5. The molecule has 46 heavy (non-hydrogen) atoms. The van der Waals surface area contributed by atoms with Gasteiger partial charge >= 0.3 is 5.69 Å². The normalized spacial score (nSPS) is 13.5. The fourth-order valence-corrected chi connectivity index (χ4v) is 5.71. The lowest BCUT2D eigenvalue weighted by atomic mass is 10.1. The maximum absolute atomic E-state index is 13.6. The third-order valence-electron chi connectivity index (χ3n) is 8.15. The second-order valence-corrected chi connectivity index (χ2v) is 11.4. The van der Waals surface area contributed by atoms with Crippen LogP contribution in [0.2, 0.25) is 0 Å². The van der Waals surface area contributed by atoms with Crippen LogP contribution < -0.4 is 16.1 Å². The molecule has 2 amide bonds. The van der Waals surface area contributed by atoms with Crippen molar-refractivity contribution in [3.63, 3.8) is 0 Å². The molecule has 0 saturated carbocycles. The van der Waals surface area contributed by atoms with Crippen LogP contribution in [0.25, 0.3) is 22.6 Å². The Balaban J connectivity index is 1.44. The Morgan fingerprint density at radius 3 is 2.50 bits per heavy atom. The highest BCUT2D eigenvalue weighted by molar-refractivity contribution is 6.05. The second-order valence-electron chi connectivity index (χ2n) is 11.4. The van der Waals surface area contributed by atoms with Crippen molar-refractivity contribution in [1.82, 2.24) is 29.0 Å². The Morgan fingerprint density at radius 1 is 1.00 bits per heavy atom. The average molecular weight is 634 g/mol. The van der Waals surface area contributed by atoms with Gasteiger partial charge in [0, 0.05) is 70.2 Å². The molecule has 4 heterocycles. The van der Waals surface area contributed by atoms with Gasteiger partial charge in [0.25, 0.3) is 11.5 Å². The van der Waals surface area contributed by atoms with Crippen molar-refractivity contribution in [2.45, 2.75) is 65.0 Å². The first-order valence-corrected chi connectivity index (χ1v) is 15.9. The van der Waals surface area contributed by atoms with Gasteiger partial charge in [0.1, 0.15) is 23.0 Å². The quantitative estimate of drug-likeness (QED) is 0.208. The number of halogens is 1. The number of nitrogens with one attached hydrogen (secondary N) is 1. The van der Waals surface area contributed by atoms with Gasteiger partial charge in [-0.15, -0.1) is 0 Å². The van der Waals surface area contributed by atoms with E-state index < -0.39 is 17.1 Å². The monoisotopic (exact) mass is 633 g/mol. The molecule has 1 N–H and O–H groups in total. The van der Waals surface area contributed by atoms with E-state index in [0.29, 0.717) is 87.8 Å². The summed E-state index contributed by atoms with van der Waals surface area (Å²) in [5.41, 5.74) is 0.558. The Morgan fingerprint density at radius 2 is 1.80 bits per heavy atom. The molecule has 0 aliphatic carbocycles. The van der Waals surface area contributed by atoms with Crippen molar-refractivity contribution in [1.29, 1.82) is 0 Å². The van der Waals surface area contributed by atoms with Gasteiger partial charge in [-0.05, 0) is 74.9 Å². The van der Waals surface area contributed by atoms with Crippen LogP contribution in [0, 0.1) is 5.82 Å². The molecule has 1 aliphatic rings. The minimum absolute atomic E-state index is 0.123. The Bertz CT molecular complexity index is 1780. The van der Waals surface area contributed by atoms with Gasteiger partial charge in [-0.3, -0.25) is 28.4 Å². The summed E-state index contributed by atoms with van der Waals surface area (Å²) >= 11 is 0. The molecule has 12 nitrogen and oxygen atoms in total. The first-order chi connectivity index (χ1) is 22.3. The van der Waals surface area contributed by atoms with E-state index in [1.165, 1.54) is 38.3 Å². The molecular weight excluding hydrogens is 593 g/mol. The number of hydrogen-bond donors (Lipinski definition) is 1. The minimum Gasteiger partial charge on any atom is -0.385 e. The van der Waals surface area contributed by atoms with Crippen molar-refractivity contribution in [2.24, 2.45) is 0 Å². The number of amides is 2. The Labute approximate surface area is 265 Å². The highest BCUT2D eigenvalue weighted by Gasteiger charge is 2.23. The molecule has 244 valence electrons. The minimum atomic E-state index is -0.443. The number of fused-ring (bicyclic) bond motifs is 1. The molecule has 13 heteroatoms. The summed E-state index contributed by atoms with van der Waals surface area (Å²) in [5.74, 6) is 0.0765. The number of aromatic amines is 1. The molecule has 1 fully saturated rings. The third kappa shape index (κ3) is 7.25. The largest absolute Gasteiger partial charge is 0.385 e. The van der Waals surface area contributed by atoms with E-state index in [1.807, 2.05) is 11.8 Å².